The Kier molecular flexibility index (Phi) is 10.5. The number of thioether (sulfide) groups is 1. The second-order valence-corrected chi connectivity index (χ2v) is 11.5. The van der Waals surface area contributed by atoms with E-state index in [9.17, 15) is 14.4 Å². The van der Waals surface area contributed by atoms with Crippen LogP contribution in [0.4, 0.5) is 11.4 Å². The molecule has 0 aliphatic rings. The molecule has 1 unspecified atom stereocenters. The summed E-state index contributed by atoms with van der Waals surface area (Å²) in [4.78, 5) is 40.1. The number of hydrogen-bond acceptors (Lipinski definition) is 4. The predicted molar refractivity (Wildman–Crippen MR) is 171 cm³/mol. The van der Waals surface area contributed by atoms with Gasteiger partial charge in [-0.2, -0.15) is 0 Å². The lowest BCUT2D eigenvalue weighted by Gasteiger charge is -2.16. The minimum atomic E-state index is -0.469. The minimum Gasteiger partial charge on any atom is -0.325 e. The van der Waals surface area contributed by atoms with Crippen molar-refractivity contribution in [1.82, 2.24) is 5.32 Å². The zero-order valence-electron chi connectivity index (χ0n) is 22.7. The summed E-state index contributed by atoms with van der Waals surface area (Å²) >= 11 is 4.85. The standard InChI is InChI=1S/C33H30BrN3O3S/c1-3-30(33(40)36-26-12-7-9-22(2)19-26)41-28-14-8-13-27(21-28)35-32(39)29(20-23-15-17-25(34)18-16-23)37-31(38)24-10-5-4-6-11-24/h4-21,30H,3H2,1-2H3,(H,35,39)(H,36,40)(H,37,38)/b29-20-. The summed E-state index contributed by atoms with van der Waals surface area (Å²) in [5.41, 5.74) is 3.67. The Morgan fingerprint density at radius 3 is 2.20 bits per heavy atom. The normalized spacial score (nSPS) is 11.8. The number of nitrogens with one attached hydrogen (secondary N) is 3. The van der Waals surface area contributed by atoms with E-state index in [2.05, 4.69) is 31.9 Å². The fourth-order valence-corrected chi connectivity index (χ4v) is 5.22. The van der Waals surface area contributed by atoms with E-state index in [0.717, 1.165) is 26.2 Å². The molecule has 4 aromatic rings. The third kappa shape index (κ3) is 8.93. The van der Waals surface area contributed by atoms with Crippen LogP contribution in [-0.4, -0.2) is 23.0 Å². The molecule has 6 nitrogen and oxygen atoms in total. The molecule has 208 valence electrons. The molecule has 0 heterocycles. The summed E-state index contributed by atoms with van der Waals surface area (Å²) in [6.45, 7) is 3.95. The Hall–Kier alpha value is -4.14. The third-order valence-corrected chi connectivity index (χ3v) is 7.92. The lowest BCUT2D eigenvalue weighted by molar-refractivity contribution is -0.116. The molecular weight excluding hydrogens is 598 g/mol. The van der Waals surface area contributed by atoms with Crippen LogP contribution in [-0.2, 0) is 9.59 Å². The molecule has 0 fully saturated rings. The van der Waals surface area contributed by atoms with Crippen LogP contribution in [0.25, 0.3) is 6.08 Å². The first-order valence-electron chi connectivity index (χ1n) is 13.1. The number of rotatable bonds is 10. The fourth-order valence-electron chi connectivity index (χ4n) is 3.95. The SMILES string of the molecule is CCC(Sc1cccc(NC(=O)/C(=C/c2ccc(Br)cc2)NC(=O)c2ccccc2)c1)C(=O)Nc1cccc(C)c1. The maximum absolute atomic E-state index is 13.4. The van der Waals surface area contributed by atoms with Gasteiger partial charge in [0.05, 0.1) is 5.25 Å². The molecule has 0 saturated heterocycles. The van der Waals surface area contributed by atoms with E-state index < -0.39 is 5.91 Å². The predicted octanol–water partition coefficient (Wildman–Crippen LogP) is 7.68. The number of anilines is 2. The highest BCUT2D eigenvalue weighted by Crippen LogP contribution is 2.29. The molecule has 0 bridgehead atoms. The Morgan fingerprint density at radius 2 is 1.51 bits per heavy atom. The largest absolute Gasteiger partial charge is 0.325 e. The van der Waals surface area contributed by atoms with Crippen molar-refractivity contribution in [2.75, 3.05) is 10.6 Å². The lowest BCUT2D eigenvalue weighted by atomic mass is 10.1. The highest BCUT2D eigenvalue weighted by Gasteiger charge is 2.19. The van der Waals surface area contributed by atoms with Crippen LogP contribution < -0.4 is 16.0 Å². The smallest absolute Gasteiger partial charge is 0.272 e. The molecule has 4 aromatic carbocycles. The zero-order valence-corrected chi connectivity index (χ0v) is 25.1. The number of aryl methyl sites for hydroxylation is 1. The third-order valence-electron chi connectivity index (χ3n) is 6.03. The summed E-state index contributed by atoms with van der Waals surface area (Å²) in [6, 6.07) is 31.1. The van der Waals surface area contributed by atoms with Crippen LogP contribution in [0.15, 0.2) is 118 Å². The average Bonchev–Trinajstić information content (AvgIpc) is 2.97. The van der Waals surface area contributed by atoms with Crippen LogP contribution in [0.1, 0.15) is 34.8 Å². The highest BCUT2D eigenvalue weighted by atomic mass is 79.9. The molecule has 1 atom stereocenters. The van der Waals surface area contributed by atoms with Crippen molar-refractivity contribution in [2.24, 2.45) is 0 Å². The first kappa shape index (κ1) is 29.8. The molecule has 0 saturated carbocycles. The van der Waals surface area contributed by atoms with E-state index in [0.29, 0.717) is 17.7 Å². The van der Waals surface area contributed by atoms with E-state index in [-0.39, 0.29) is 22.8 Å². The maximum Gasteiger partial charge on any atom is 0.272 e. The van der Waals surface area contributed by atoms with Crippen molar-refractivity contribution in [2.45, 2.75) is 30.4 Å². The van der Waals surface area contributed by atoms with Crippen LogP contribution >= 0.6 is 27.7 Å². The van der Waals surface area contributed by atoms with Gasteiger partial charge in [-0.15, -0.1) is 11.8 Å². The number of benzene rings is 4. The molecule has 0 aliphatic carbocycles. The number of halogens is 1. The van der Waals surface area contributed by atoms with E-state index in [1.54, 1.807) is 36.4 Å². The molecule has 0 aromatic heterocycles. The minimum absolute atomic E-state index is 0.0825. The van der Waals surface area contributed by atoms with Crippen LogP contribution in [0.2, 0.25) is 0 Å². The van der Waals surface area contributed by atoms with Gasteiger partial charge in [-0.05, 0) is 85.1 Å². The molecular formula is C33H30BrN3O3S. The molecule has 0 radical (unpaired) electrons. The Labute approximate surface area is 252 Å². The first-order valence-corrected chi connectivity index (χ1v) is 14.8. The van der Waals surface area contributed by atoms with Gasteiger partial charge in [-0.3, -0.25) is 14.4 Å². The Balaban J connectivity index is 1.49. The van der Waals surface area contributed by atoms with Gasteiger partial charge < -0.3 is 16.0 Å². The van der Waals surface area contributed by atoms with Crippen LogP contribution in [0.3, 0.4) is 0 Å². The summed E-state index contributed by atoms with van der Waals surface area (Å²) in [6.07, 6.45) is 2.26. The monoisotopic (exact) mass is 627 g/mol. The summed E-state index contributed by atoms with van der Waals surface area (Å²) in [7, 11) is 0. The van der Waals surface area contributed by atoms with Gasteiger partial charge in [-0.25, -0.2) is 0 Å². The van der Waals surface area contributed by atoms with Gasteiger partial charge in [-0.1, -0.05) is 71.4 Å². The summed E-state index contributed by atoms with van der Waals surface area (Å²) in [5, 5.41) is 8.32. The molecule has 0 spiro atoms. The van der Waals surface area contributed by atoms with Gasteiger partial charge in [0.2, 0.25) is 5.91 Å². The second-order valence-electron chi connectivity index (χ2n) is 9.29. The molecule has 41 heavy (non-hydrogen) atoms. The quantitative estimate of drug-likeness (QED) is 0.124. The van der Waals surface area contributed by atoms with E-state index in [1.165, 1.54) is 11.8 Å². The second kappa shape index (κ2) is 14.5. The van der Waals surface area contributed by atoms with Gasteiger partial charge in [0.1, 0.15) is 5.70 Å². The van der Waals surface area contributed by atoms with Gasteiger partial charge in [0.15, 0.2) is 0 Å². The first-order chi connectivity index (χ1) is 19.8. The lowest BCUT2D eigenvalue weighted by Crippen LogP contribution is -2.30. The van der Waals surface area contributed by atoms with Crippen LogP contribution in [0.5, 0.6) is 0 Å². The van der Waals surface area contributed by atoms with E-state index in [1.807, 2.05) is 86.6 Å². The van der Waals surface area contributed by atoms with Gasteiger partial charge in [0, 0.05) is 26.3 Å². The van der Waals surface area contributed by atoms with Crippen molar-refractivity contribution in [3.63, 3.8) is 0 Å². The number of carbonyl (C=O) groups is 3. The highest BCUT2D eigenvalue weighted by molar-refractivity contribution is 9.10. The Morgan fingerprint density at radius 1 is 0.829 bits per heavy atom. The average molecular weight is 629 g/mol. The molecule has 4 rings (SSSR count). The zero-order chi connectivity index (χ0) is 29.2. The topological polar surface area (TPSA) is 87.3 Å². The summed E-state index contributed by atoms with van der Waals surface area (Å²) < 4.78 is 0.904. The summed E-state index contributed by atoms with van der Waals surface area (Å²) in [5.74, 6) is -0.941. The number of hydrogen-bond donors (Lipinski definition) is 3. The molecule has 3 N–H and O–H groups in total. The Bertz CT molecular complexity index is 1560. The molecule has 8 heteroatoms. The fraction of sp³-hybridized carbons (Fsp3) is 0.121. The maximum atomic E-state index is 13.4. The molecule has 3 amide bonds. The van der Waals surface area contributed by atoms with Crippen LogP contribution in [0, 0.1) is 6.92 Å². The van der Waals surface area contributed by atoms with Gasteiger partial charge >= 0.3 is 0 Å². The van der Waals surface area contributed by atoms with Crippen molar-refractivity contribution in [3.05, 3.63) is 130 Å². The van der Waals surface area contributed by atoms with Crippen molar-refractivity contribution in [1.29, 1.82) is 0 Å². The van der Waals surface area contributed by atoms with Gasteiger partial charge in [0.25, 0.3) is 11.8 Å². The van der Waals surface area contributed by atoms with E-state index >= 15 is 0 Å². The van der Waals surface area contributed by atoms with Crippen molar-refractivity contribution in [3.8, 4) is 0 Å². The number of amides is 3. The number of carbonyl (C=O) groups excluding carboxylic acids is 3. The van der Waals surface area contributed by atoms with Crippen molar-refractivity contribution < 1.29 is 14.4 Å². The van der Waals surface area contributed by atoms with Crippen molar-refractivity contribution >= 4 is 62.9 Å². The molecule has 0 aliphatic heterocycles. The van der Waals surface area contributed by atoms with E-state index in [4.69, 9.17) is 0 Å².